The number of piperidine rings is 1. The van der Waals surface area contributed by atoms with E-state index in [-0.39, 0.29) is 17.3 Å². The molecule has 146 valence electrons. The van der Waals surface area contributed by atoms with Crippen molar-refractivity contribution in [3.8, 4) is 5.95 Å². The molecular formula is C19H21FN6O2. The Hall–Kier alpha value is -3.23. The number of carboxylic acids is 1. The molecule has 1 N–H and O–H groups in total. The van der Waals surface area contributed by atoms with Gasteiger partial charge in [0.2, 0.25) is 0 Å². The molecular weight excluding hydrogens is 363 g/mol. The summed E-state index contributed by atoms with van der Waals surface area (Å²) in [5.74, 6) is -0.605. The first kappa shape index (κ1) is 18.1. The maximum atomic E-state index is 14.9. The third kappa shape index (κ3) is 3.23. The van der Waals surface area contributed by atoms with Gasteiger partial charge in [0.25, 0.3) is 5.95 Å². The van der Waals surface area contributed by atoms with Crippen molar-refractivity contribution in [3.05, 3.63) is 35.9 Å². The molecule has 0 atom stereocenters. The Morgan fingerprint density at radius 3 is 2.57 bits per heavy atom. The summed E-state index contributed by atoms with van der Waals surface area (Å²) in [5, 5.41) is 13.8. The van der Waals surface area contributed by atoms with Crippen LogP contribution in [0.15, 0.2) is 24.5 Å². The largest absolute Gasteiger partial charge is 0.478 e. The molecule has 0 aliphatic carbocycles. The van der Waals surface area contributed by atoms with E-state index in [2.05, 4.69) is 20.0 Å². The summed E-state index contributed by atoms with van der Waals surface area (Å²) in [4.78, 5) is 24.0. The molecule has 0 spiro atoms. The Morgan fingerprint density at radius 1 is 1.18 bits per heavy atom. The van der Waals surface area contributed by atoms with Gasteiger partial charge < -0.3 is 14.9 Å². The van der Waals surface area contributed by atoms with E-state index < -0.39 is 5.97 Å². The molecule has 0 amide bonds. The summed E-state index contributed by atoms with van der Waals surface area (Å²) in [6, 6.07) is 3.22. The highest BCUT2D eigenvalue weighted by molar-refractivity contribution is 5.93. The van der Waals surface area contributed by atoms with Gasteiger partial charge in [-0.3, -0.25) is 0 Å². The first-order valence-corrected chi connectivity index (χ1v) is 9.16. The van der Waals surface area contributed by atoms with Crippen molar-refractivity contribution in [2.75, 3.05) is 37.0 Å². The number of benzene rings is 1. The van der Waals surface area contributed by atoms with Gasteiger partial charge in [0, 0.05) is 44.8 Å². The van der Waals surface area contributed by atoms with E-state index in [9.17, 15) is 9.18 Å². The van der Waals surface area contributed by atoms with Gasteiger partial charge in [-0.15, -0.1) is 0 Å². The van der Waals surface area contributed by atoms with Gasteiger partial charge in [-0.05, 0) is 25.3 Å². The molecule has 1 aromatic carbocycles. The lowest BCUT2D eigenvalue weighted by Crippen LogP contribution is -2.30. The first-order valence-electron chi connectivity index (χ1n) is 9.16. The van der Waals surface area contributed by atoms with Gasteiger partial charge in [0.15, 0.2) is 0 Å². The van der Waals surface area contributed by atoms with E-state index in [1.165, 1.54) is 29.6 Å². The number of anilines is 2. The monoisotopic (exact) mass is 384 g/mol. The van der Waals surface area contributed by atoms with E-state index in [4.69, 9.17) is 5.11 Å². The SMILES string of the molecule is CN(C)c1nc(-n2cc(C(=O)O)cn2)nc2cc(F)c(N3CCCCC3)cc12. The van der Waals surface area contributed by atoms with E-state index >= 15 is 0 Å². The number of aromatic carboxylic acids is 1. The molecule has 3 heterocycles. The quantitative estimate of drug-likeness (QED) is 0.740. The lowest BCUT2D eigenvalue weighted by atomic mass is 10.1. The van der Waals surface area contributed by atoms with Crippen molar-refractivity contribution < 1.29 is 14.3 Å². The second-order valence-corrected chi connectivity index (χ2v) is 7.09. The summed E-state index contributed by atoms with van der Waals surface area (Å²) in [6.45, 7) is 1.67. The van der Waals surface area contributed by atoms with E-state index in [1.54, 1.807) is 6.07 Å². The predicted molar refractivity (Wildman–Crippen MR) is 104 cm³/mol. The molecule has 1 saturated heterocycles. The average molecular weight is 384 g/mol. The van der Waals surface area contributed by atoms with Crippen LogP contribution in [0.2, 0.25) is 0 Å². The van der Waals surface area contributed by atoms with Crippen molar-refractivity contribution in [1.82, 2.24) is 19.7 Å². The van der Waals surface area contributed by atoms with Crippen LogP contribution in [-0.2, 0) is 0 Å². The van der Waals surface area contributed by atoms with Crippen LogP contribution in [0.3, 0.4) is 0 Å². The van der Waals surface area contributed by atoms with Gasteiger partial charge in [-0.25, -0.2) is 18.9 Å². The molecule has 1 fully saturated rings. The minimum absolute atomic E-state index is 0.0294. The highest BCUT2D eigenvalue weighted by Crippen LogP contribution is 2.32. The van der Waals surface area contributed by atoms with Crippen LogP contribution in [0.25, 0.3) is 16.9 Å². The normalized spacial score (nSPS) is 14.5. The third-order valence-corrected chi connectivity index (χ3v) is 4.89. The predicted octanol–water partition coefficient (Wildman–Crippen LogP) is 2.71. The van der Waals surface area contributed by atoms with Crippen molar-refractivity contribution in [2.24, 2.45) is 0 Å². The van der Waals surface area contributed by atoms with Crippen LogP contribution in [0.4, 0.5) is 15.9 Å². The number of aromatic nitrogens is 4. The standard InChI is InChI=1S/C19H21FN6O2/c1-24(2)17-13-8-16(25-6-4-3-5-7-25)14(20)9-15(13)22-19(23-17)26-11-12(10-21-26)18(27)28/h8-11H,3-7H2,1-2H3,(H,27,28). The Bertz CT molecular complexity index is 1040. The number of fused-ring (bicyclic) bond motifs is 1. The summed E-state index contributed by atoms with van der Waals surface area (Å²) in [6.07, 6.45) is 5.84. The maximum Gasteiger partial charge on any atom is 0.338 e. The molecule has 0 radical (unpaired) electrons. The summed E-state index contributed by atoms with van der Waals surface area (Å²) in [7, 11) is 3.70. The van der Waals surface area contributed by atoms with Crippen molar-refractivity contribution >= 4 is 28.4 Å². The molecule has 0 unspecified atom stereocenters. The molecule has 8 nitrogen and oxygen atoms in total. The molecule has 0 bridgehead atoms. The third-order valence-electron chi connectivity index (χ3n) is 4.89. The fourth-order valence-corrected chi connectivity index (χ4v) is 3.47. The van der Waals surface area contributed by atoms with Gasteiger partial charge in [0.05, 0.1) is 23.0 Å². The minimum Gasteiger partial charge on any atom is -0.478 e. The van der Waals surface area contributed by atoms with Crippen LogP contribution in [0, 0.1) is 5.82 Å². The maximum absolute atomic E-state index is 14.9. The van der Waals surface area contributed by atoms with Crippen LogP contribution >= 0.6 is 0 Å². The summed E-state index contributed by atoms with van der Waals surface area (Å²) >= 11 is 0. The van der Waals surface area contributed by atoms with E-state index in [0.29, 0.717) is 17.0 Å². The van der Waals surface area contributed by atoms with Crippen molar-refractivity contribution in [1.29, 1.82) is 0 Å². The molecule has 3 aromatic rings. The first-order chi connectivity index (χ1) is 13.4. The fourth-order valence-electron chi connectivity index (χ4n) is 3.47. The van der Waals surface area contributed by atoms with Crippen LogP contribution in [0.5, 0.6) is 0 Å². The van der Waals surface area contributed by atoms with Gasteiger partial charge >= 0.3 is 5.97 Å². The van der Waals surface area contributed by atoms with Gasteiger partial charge in [-0.1, -0.05) is 0 Å². The molecule has 0 saturated carbocycles. The molecule has 9 heteroatoms. The highest BCUT2D eigenvalue weighted by atomic mass is 19.1. The van der Waals surface area contributed by atoms with Crippen molar-refractivity contribution in [3.63, 3.8) is 0 Å². The number of halogens is 1. The zero-order valence-electron chi connectivity index (χ0n) is 15.8. The molecule has 2 aromatic heterocycles. The Balaban J connectivity index is 1.85. The Labute approximate surface area is 161 Å². The van der Waals surface area contributed by atoms with E-state index in [0.717, 1.165) is 31.3 Å². The number of carboxylic acid groups (broad SMARTS) is 1. The molecule has 1 aliphatic rings. The molecule has 4 rings (SSSR count). The van der Waals surface area contributed by atoms with Crippen LogP contribution in [0.1, 0.15) is 29.6 Å². The highest BCUT2D eigenvalue weighted by Gasteiger charge is 2.20. The number of nitrogens with zero attached hydrogens (tertiary/aromatic N) is 6. The number of rotatable bonds is 4. The van der Waals surface area contributed by atoms with Crippen molar-refractivity contribution in [2.45, 2.75) is 19.3 Å². The lowest BCUT2D eigenvalue weighted by molar-refractivity contribution is 0.0697. The Morgan fingerprint density at radius 2 is 1.93 bits per heavy atom. The molecule has 28 heavy (non-hydrogen) atoms. The van der Waals surface area contributed by atoms with Gasteiger partial charge in [0.1, 0.15) is 11.6 Å². The number of carbonyl (C=O) groups is 1. The topological polar surface area (TPSA) is 87.4 Å². The second-order valence-electron chi connectivity index (χ2n) is 7.09. The fraction of sp³-hybridized carbons (Fsp3) is 0.368. The van der Waals surface area contributed by atoms with Crippen LogP contribution in [-0.4, -0.2) is 58.0 Å². The number of hydrogen-bond donors (Lipinski definition) is 1. The minimum atomic E-state index is -1.09. The Kier molecular flexibility index (Phi) is 4.58. The molecule has 1 aliphatic heterocycles. The zero-order valence-corrected chi connectivity index (χ0v) is 15.8. The lowest BCUT2D eigenvalue weighted by Gasteiger charge is -2.29. The summed E-state index contributed by atoms with van der Waals surface area (Å²) in [5.41, 5.74) is 1.04. The second kappa shape index (κ2) is 7.06. The number of hydrogen-bond acceptors (Lipinski definition) is 6. The summed E-state index contributed by atoms with van der Waals surface area (Å²) < 4.78 is 16.1. The smallest absolute Gasteiger partial charge is 0.338 e. The van der Waals surface area contributed by atoms with Crippen LogP contribution < -0.4 is 9.80 Å². The van der Waals surface area contributed by atoms with E-state index in [1.807, 2.05) is 19.0 Å². The average Bonchev–Trinajstić information content (AvgIpc) is 3.17. The van der Waals surface area contributed by atoms with Gasteiger partial charge in [-0.2, -0.15) is 10.1 Å². The zero-order chi connectivity index (χ0) is 19.8.